The molecule has 2 fully saturated rings. The number of alkyl halides is 2. The standard InChI is InChI=1S/C35H35F3N10/c1-46(2)9-7-40-26-12-22(11-25(36)14-26)27-4-3-6-41-32-30(27)44-33(45-32)31-28-13-24(17-42-34(28)48-19-29(48)43-31)23-10-21(15-39-16-23)18-47-8-5-35(37,38)20-47/h3-4,6,10-17,29,40-41H,5,7-9,18-20H2,1-2H3,(H,44,45). The molecule has 0 saturated carbocycles. The summed E-state index contributed by atoms with van der Waals surface area (Å²) < 4.78 is 42.5. The molecule has 8 rings (SSSR count). The average Bonchev–Trinajstić information content (AvgIpc) is 3.67. The van der Waals surface area contributed by atoms with Gasteiger partial charge in [0.2, 0.25) is 0 Å². The molecule has 2 saturated heterocycles. The third kappa shape index (κ3) is 6.06. The van der Waals surface area contributed by atoms with E-state index in [2.05, 4.69) is 30.4 Å². The maximum absolute atomic E-state index is 14.9. The highest BCUT2D eigenvalue weighted by Crippen LogP contribution is 2.39. The number of likely N-dealkylation sites (tertiary alicyclic amines) is 1. The van der Waals surface area contributed by atoms with Crippen molar-refractivity contribution < 1.29 is 13.2 Å². The van der Waals surface area contributed by atoms with Gasteiger partial charge in [0, 0.05) is 85.3 Å². The van der Waals surface area contributed by atoms with Crippen LogP contribution in [0.3, 0.4) is 0 Å². The zero-order valence-electron chi connectivity index (χ0n) is 26.6. The predicted molar refractivity (Wildman–Crippen MR) is 181 cm³/mol. The molecule has 4 aliphatic rings. The highest BCUT2D eigenvalue weighted by atomic mass is 19.3. The number of aliphatic imine (C=N–C) groups is 1. The molecule has 0 bridgehead atoms. The molecule has 7 heterocycles. The number of likely N-dealkylation sites (N-methyl/N-ethyl adjacent to an activating group) is 1. The topological polar surface area (TPSA) is 100 Å². The summed E-state index contributed by atoms with van der Waals surface area (Å²) in [5, 5.41) is 6.57. The van der Waals surface area contributed by atoms with E-state index >= 15 is 0 Å². The molecule has 3 N–H and O–H groups in total. The van der Waals surface area contributed by atoms with E-state index in [0.717, 1.165) is 52.4 Å². The maximum atomic E-state index is 14.9. The number of hydrogen-bond acceptors (Lipinski definition) is 9. The lowest BCUT2D eigenvalue weighted by atomic mass is 10.0. The van der Waals surface area contributed by atoms with E-state index in [9.17, 15) is 13.2 Å². The molecule has 48 heavy (non-hydrogen) atoms. The first kappa shape index (κ1) is 30.3. The van der Waals surface area contributed by atoms with Gasteiger partial charge in [0.1, 0.15) is 23.5 Å². The number of halogens is 3. The van der Waals surface area contributed by atoms with Crippen LogP contribution in [0.15, 0.2) is 72.3 Å². The van der Waals surface area contributed by atoms with Gasteiger partial charge in [-0.05, 0) is 61.6 Å². The fraction of sp³-hybridized carbons (Fsp3) is 0.314. The fourth-order valence-electron chi connectivity index (χ4n) is 6.48. The molecule has 0 radical (unpaired) electrons. The van der Waals surface area contributed by atoms with Crippen molar-refractivity contribution in [3.63, 3.8) is 0 Å². The summed E-state index contributed by atoms with van der Waals surface area (Å²) in [6.07, 6.45) is 10.8. The number of aromatic nitrogens is 4. The minimum absolute atomic E-state index is 0.0128. The van der Waals surface area contributed by atoms with Gasteiger partial charge < -0.3 is 25.4 Å². The lowest BCUT2D eigenvalue weighted by Crippen LogP contribution is -2.24. The highest BCUT2D eigenvalue weighted by Gasteiger charge is 2.42. The summed E-state index contributed by atoms with van der Waals surface area (Å²) >= 11 is 0. The van der Waals surface area contributed by atoms with Crippen LogP contribution in [0.5, 0.6) is 0 Å². The Hall–Kier alpha value is -5.01. The number of benzene rings is 1. The van der Waals surface area contributed by atoms with Gasteiger partial charge in [0.15, 0.2) is 11.6 Å². The third-order valence-corrected chi connectivity index (χ3v) is 8.91. The van der Waals surface area contributed by atoms with Crippen molar-refractivity contribution in [2.24, 2.45) is 4.99 Å². The van der Waals surface area contributed by atoms with Crippen LogP contribution in [0.4, 0.5) is 30.5 Å². The first-order chi connectivity index (χ1) is 23.2. The van der Waals surface area contributed by atoms with E-state index in [4.69, 9.17) is 15.0 Å². The number of fused-ring (bicyclic) bond motifs is 4. The molecule has 1 atom stereocenters. The van der Waals surface area contributed by atoms with Crippen LogP contribution in [0.25, 0.3) is 16.7 Å². The lowest BCUT2D eigenvalue weighted by Gasteiger charge is -2.18. The Morgan fingerprint density at radius 1 is 1.06 bits per heavy atom. The predicted octanol–water partition coefficient (Wildman–Crippen LogP) is 5.19. The molecule has 246 valence electrons. The van der Waals surface area contributed by atoms with E-state index in [1.54, 1.807) is 23.5 Å². The second kappa shape index (κ2) is 11.9. The van der Waals surface area contributed by atoms with Gasteiger partial charge >= 0.3 is 0 Å². The van der Waals surface area contributed by atoms with Crippen molar-refractivity contribution in [1.82, 2.24) is 29.7 Å². The summed E-state index contributed by atoms with van der Waals surface area (Å²) in [5.74, 6) is -0.978. The molecular formula is C35H35F3N10. The number of aromatic amines is 1. The Balaban J connectivity index is 1.11. The Morgan fingerprint density at radius 2 is 1.94 bits per heavy atom. The number of rotatable bonds is 9. The number of imidazole rings is 1. The second-order valence-electron chi connectivity index (χ2n) is 13.0. The van der Waals surface area contributed by atoms with Crippen LogP contribution >= 0.6 is 0 Å². The molecule has 3 aromatic heterocycles. The van der Waals surface area contributed by atoms with Crippen LogP contribution < -0.4 is 15.5 Å². The van der Waals surface area contributed by atoms with Gasteiger partial charge in [0.05, 0.1) is 18.8 Å². The van der Waals surface area contributed by atoms with Crippen LogP contribution in [0, 0.1) is 5.82 Å². The molecule has 1 aromatic carbocycles. The molecule has 0 amide bonds. The Bertz CT molecular complexity index is 1980. The fourth-order valence-corrected chi connectivity index (χ4v) is 6.48. The lowest BCUT2D eigenvalue weighted by molar-refractivity contribution is 0.0115. The monoisotopic (exact) mass is 652 g/mol. The van der Waals surface area contributed by atoms with Gasteiger partial charge in [-0.2, -0.15) is 0 Å². The minimum atomic E-state index is -2.64. The van der Waals surface area contributed by atoms with Crippen LogP contribution in [-0.4, -0.2) is 94.4 Å². The van der Waals surface area contributed by atoms with E-state index in [1.807, 2.05) is 50.6 Å². The van der Waals surface area contributed by atoms with Crippen LogP contribution in [0.2, 0.25) is 0 Å². The highest BCUT2D eigenvalue weighted by molar-refractivity contribution is 6.16. The smallest absolute Gasteiger partial charge is 0.261 e. The number of hydrogen-bond donors (Lipinski definition) is 3. The Morgan fingerprint density at radius 3 is 2.77 bits per heavy atom. The average molecular weight is 653 g/mol. The van der Waals surface area contributed by atoms with Crippen LogP contribution in [-0.2, 0) is 6.54 Å². The summed E-state index contributed by atoms with van der Waals surface area (Å²) in [6.45, 7) is 2.79. The van der Waals surface area contributed by atoms with Gasteiger partial charge in [-0.1, -0.05) is 6.08 Å². The van der Waals surface area contributed by atoms with Crippen molar-refractivity contribution in [3.05, 3.63) is 101 Å². The number of nitrogens with one attached hydrogen (secondary N) is 3. The van der Waals surface area contributed by atoms with E-state index in [-0.39, 0.29) is 24.9 Å². The maximum Gasteiger partial charge on any atom is 0.261 e. The minimum Gasteiger partial charge on any atom is -0.384 e. The largest absolute Gasteiger partial charge is 0.384 e. The number of allylic oxidation sites excluding steroid dienone is 2. The zero-order chi connectivity index (χ0) is 33.0. The molecule has 10 nitrogen and oxygen atoms in total. The van der Waals surface area contributed by atoms with Crippen molar-refractivity contribution in [1.29, 1.82) is 0 Å². The normalized spacial score (nSPS) is 19.2. The van der Waals surface area contributed by atoms with Gasteiger partial charge in [0.25, 0.3) is 5.92 Å². The molecule has 0 aliphatic carbocycles. The molecule has 0 spiro atoms. The number of H-pyrrole nitrogens is 1. The molecule has 13 heteroatoms. The van der Waals surface area contributed by atoms with E-state index < -0.39 is 5.92 Å². The van der Waals surface area contributed by atoms with Crippen molar-refractivity contribution in [2.75, 3.05) is 62.4 Å². The first-order valence-corrected chi connectivity index (χ1v) is 16.0. The van der Waals surface area contributed by atoms with Crippen LogP contribution in [0.1, 0.15) is 34.6 Å². The van der Waals surface area contributed by atoms with Gasteiger partial charge in [-0.25, -0.2) is 23.1 Å². The number of anilines is 3. The third-order valence-electron chi connectivity index (χ3n) is 8.91. The molecule has 4 aliphatic heterocycles. The summed E-state index contributed by atoms with van der Waals surface area (Å²) in [5.41, 5.74) is 6.97. The van der Waals surface area contributed by atoms with E-state index in [0.29, 0.717) is 48.2 Å². The summed E-state index contributed by atoms with van der Waals surface area (Å²) in [4.78, 5) is 28.7. The molecule has 1 unspecified atom stereocenters. The summed E-state index contributed by atoms with van der Waals surface area (Å²) in [7, 11) is 3.99. The molecule has 4 aromatic rings. The number of pyridine rings is 2. The SMILES string of the molecule is CN(C)CCNc1cc(F)cc(C2=CC=CNc3nc(C4=NC5CN5c5ncc(-c6cncc(CN7CCC(F)(F)C7)c6)cc54)[nH]c32)c1. The quantitative estimate of drug-likeness (QED) is 0.213. The second-order valence-corrected chi connectivity index (χ2v) is 13.0. The Labute approximate surface area is 276 Å². The van der Waals surface area contributed by atoms with Crippen molar-refractivity contribution in [2.45, 2.75) is 25.1 Å². The first-order valence-electron chi connectivity index (χ1n) is 16.0. The van der Waals surface area contributed by atoms with Gasteiger partial charge in [-0.15, -0.1) is 0 Å². The van der Waals surface area contributed by atoms with E-state index in [1.165, 1.54) is 12.1 Å². The Kier molecular flexibility index (Phi) is 7.52. The van der Waals surface area contributed by atoms with Crippen molar-refractivity contribution in [3.8, 4) is 11.1 Å². The zero-order valence-corrected chi connectivity index (χ0v) is 26.6. The molecular weight excluding hydrogens is 617 g/mol. The summed E-state index contributed by atoms with van der Waals surface area (Å²) in [6, 6.07) is 8.99. The van der Waals surface area contributed by atoms with Crippen molar-refractivity contribution >= 4 is 28.6 Å². The van der Waals surface area contributed by atoms with Gasteiger partial charge in [-0.3, -0.25) is 14.9 Å². The number of nitrogens with zero attached hydrogens (tertiary/aromatic N) is 7.